The van der Waals surface area contributed by atoms with Crippen LogP contribution in [0.2, 0.25) is 5.02 Å². The van der Waals surface area contributed by atoms with Gasteiger partial charge in [0.2, 0.25) is 0 Å². The number of fused-ring (bicyclic) bond motifs is 1. The predicted molar refractivity (Wildman–Crippen MR) is 129 cm³/mol. The van der Waals surface area contributed by atoms with Crippen LogP contribution in [0.4, 0.5) is 11.4 Å². The van der Waals surface area contributed by atoms with Crippen LogP contribution in [0, 0.1) is 13.8 Å². The van der Waals surface area contributed by atoms with Crippen LogP contribution >= 0.6 is 11.6 Å². The third-order valence-electron chi connectivity index (χ3n) is 4.95. The molecule has 0 unspecified atom stereocenters. The lowest BCUT2D eigenvalue weighted by Gasteiger charge is -2.12. The number of hydrogen-bond donors (Lipinski definition) is 3. The van der Waals surface area contributed by atoms with E-state index >= 15 is 0 Å². The lowest BCUT2D eigenvalue weighted by molar-refractivity contribution is 0.0955. The summed E-state index contributed by atoms with van der Waals surface area (Å²) in [7, 11) is 0. The van der Waals surface area contributed by atoms with Gasteiger partial charge in [-0.15, -0.1) is 0 Å². The number of carbonyl (C=O) groups is 1. The van der Waals surface area contributed by atoms with Crippen molar-refractivity contribution in [1.29, 1.82) is 0 Å². The van der Waals surface area contributed by atoms with E-state index in [0.717, 1.165) is 33.5 Å². The van der Waals surface area contributed by atoms with Gasteiger partial charge in [0.05, 0.1) is 11.7 Å². The highest BCUT2D eigenvalue weighted by Crippen LogP contribution is 2.28. The highest BCUT2D eigenvalue weighted by Gasteiger charge is 2.08. The van der Waals surface area contributed by atoms with Gasteiger partial charge in [0.1, 0.15) is 5.75 Å². The van der Waals surface area contributed by atoms with Crippen molar-refractivity contribution in [2.75, 3.05) is 5.32 Å². The van der Waals surface area contributed by atoms with E-state index in [4.69, 9.17) is 11.6 Å². The second-order valence-electron chi connectivity index (χ2n) is 7.39. The Morgan fingerprint density at radius 3 is 2.62 bits per heavy atom. The maximum absolute atomic E-state index is 12.4. The van der Waals surface area contributed by atoms with Crippen LogP contribution in [-0.2, 0) is 0 Å². The summed E-state index contributed by atoms with van der Waals surface area (Å²) >= 11 is 5.91. The molecule has 32 heavy (non-hydrogen) atoms. The van der Waals surface area contributed by atoms with Crippen LogP contribution in [-0.4, -0.2) is 22.2 Å². The number of nitrogens with one attached hydrogen (secondary N) is 2. The van der Waals surface area contributed by atoms with Gasteiger partial charge in [-0.2, -0.15) is 5.10 Å². The maximum Gasteiger partial charge on any atom is 0.271 e. The van der Waals surface area contributed by atoms with Gasteiger partial charge in [0.15, 0.2) is 0 Å². The molecule has 1 amide bonds. The lowest BCUT2D eigenvalue weighted by Crippen LogP contribution is -2.17. The first kappa shape index (κ1) is 21.3. The molecule has 0 aliphatic rings. The third kappa shape index (κ3) is 4.71. The van der Waals surface area contributed by atoms with E-state index in [1.54, 1.807) is 24.3 Å². The Balaban J connectivity index is 1.47. The van der Waals surface area contributed by atoms with Crippen molar-refractivity contribution >= 4 is 46.0 Å². The Labute approximate surface area is 190 Å². The number of aryl methyl sites for hydroxylation is 2. The molecule has 0 bridgehead atoms. The molecule has 3 N–H and O–H groups in total. The minimum Gasteiger partial charge on any atom is -0.507 e. The largest absolute Gasteiger partial charge is 0.507 e. The Kier molecular flexibility index (Phi) is 6.05. The highest BCUT2D eigenvalue weighted by atomic mass is 35.5. The Hall–Kier alpha value is -3.90. The first-order valence-electron chi connectivity index (χ1n) is 9.97. The number of rotatable bonds is 5. The van der Waals surface area contributed by atoms with Gasteiger partial charge in [0, 0.05) is 38.6 Å². The first-order valence-corrected chi connectivity index (χ1v) is 10.3. The molecule has 160 valence electrons. The van der Waals surface area contributed by atoms with Crippen molar-refractivity contribution < 1.29 is 9.90 Å². The molecular formula is C25H21ClN4O2. The number of halogens is 1. The van der Waals surface area contributed by atoms with Crippen molar-refractivity contribution in [3.63, 3.8) is 0 Å². The molecule has 0 saturated heterocycles. The average molecular weight is 445 g/mol. The van der Waals surface area contributed by atoms with Crippen molar-refractivity contribution in [3.05, 3.63) is 94.1 Å². The van der Waals surface area contributed by atoms with Crippen molar-refractivity contribution in [2.45, 2.75) is 13.8 Å². The van der Waals surface area contributed by atoms with E-state index < -0.39 is 0 Å². The number of hydrazone groups is 1. The minimum atomic E-state index is -0.366. The molecule has 1 aromatic heterocycles. The average Bonchev–Trinajstić information content (AvgIpc) is 2.77. The van der Waals surface area contributed by atoms with Crippen LogP contribution in [0.3, 0.4) is 0 Å². The summed E-state index contributed by atoms with van der Waals surface area (Å²) in [5, 5.41) is 18.6. The molecule has 0 atom stereocenters. The second kappa shape index (κ2) is 9.08. The molecular weight excluding hydrogens is 424 g/mol. The zero-order valence-corrected chi connectivity index (χ0v) is 18.3. The molecule has 7 heteroatoms. The molecule has 0 aliphatic carbocycles. The normalized spacial score (nSPS) is 11.1. The minimum absolute atomic E-state index is 0.0249. The van der Waals surface area contributed by atoms with Gasteiger partial charge in [-0.25, -0.2) is 5.43 Å². The van der Waals surface area contributed by atoms with Crippen LogP contribution in [0.5, 0.6) is 5.75 Å². The molecule has 3 aromatic carbocycles. The Morgan fingerprint density at radius 1 is 1.06 bits per heavy atom. The third-order valence-corrected chi connectivity index (χ3v) is 5.19. The maximum atomic E-state index is 12.4. The topological polar surface area (TPSA) is 86.6 Å². The SMILES string of the molecule is Cc1cc(Nc2ccc(C(=O)N/N=C/c3cc(Cl)ccc3O)cc2)c2cccc(C)c2n1. The second-order valence-corrected chi connectivity index (χ2v) is 7.82. The van der Waals surface area contributed by atoms with E-state index in [1.165, 1.54) is 12.3 Å². The van der Waals surface area contributed by atoms with Gasteiger partial charge < -0.3 is 10.4 Å². The van der Waals surface area contributed by atoms with E-state index in [2.05, 4.69) is 20.8 Å². The molecule has 0 saturated carbocycles. The van der Waals surface area contributed by atoms with E-state index in [9.17, 15) is 9.90 Å². The number of para-hydroxylation sites is 1. The van der Waals surface area contributed by atoms with Crippen molar-refractivity contribution in [1.82, 2.24) is 10.4 Å². The fraction of sp³-hybridized carbons (Fsp3) is 0.0800. The van der Waals surface area contributed by atoms with Gasteiger partial charge in [-0.3, -0.25) is 9.78 Å². The quantitative estimate of drug-likeness (QED) is 0.271. The summed E-state index contributed by atoms with van der Waals surface area (Å²) in [6, 6.07) is 19.8. The van der Waals surface area contributed by atoms with Gasteiger partial charge in [-0.05, 0) is 67.9 Å². The van der Waals surface area contributed by atoms with Crippen LogP contribution < -0.4 is 10.7 Å². The number of aromatic nitrogens is 1. The number of anilines is 2. The van der Waals surface area contributed by atoms with Crippen LogP contribution in [0.15, 0.2) is 71.8 Å². The summed E-state index contributed by atoms with van der Waals surface area (Å²) in [6.07, 6.45) is 1.34. The smallest absolute Gasteiger partial charge is 0.271 e. The molecule has 0 aliphatic heterocycles. The molecule has 4 aromatic rings. The number of phenolic OH excluding ortho intramolecular Hbond substituents is 1. The molecule has 0 radical (unpaired) electrons. The van der Waals surface area contributed by atoms with Gasteiger partial charge in [-0.1, -0.05) is 29.8 Å². The van der Waals surface area contributed by atoms with Crippen LogP contribution in [0.1, 0.15) is 27.2 Å². The number of nitrogens with zero attached hydrogens (tertiary/aromatic N) is 2. The van der Waals surface area contributed by atoms with E-state index in [1.807, 2.05) is 50.2 Å². The Morgan fingerprint density at radius 2 is 1.84 bits per heavy atom. The standard InChI is InChI=1S/C25H21ClN4O2/c1-15-4-3-5-21-22(12-16(2)28-24(15)21)29-20-9-6-17(7-10-20)25(32)30-27-14-18-13-19(26)8-11-23(18)31/h3-14,31H,1-2H3,(H,28,29)(H,30,32)/b27-14+. The number of benzene rings is 3. The summed E-state index contributed by atoms with van der Waals surface area (Å²) in [6.45, 7) is 4.01. The Bertz CT molecular complexity index is 1330. The fourth-order valence-electron chi connectivity index (χ4n) is 3.34. The van der Waals surface area contributed by atoms with Gasteiger partial charge >= 0.3 is 0 Å². The zero-order valence-electron chi connectivity index (χ0n) is 17.6. The number of carbonyl (C=O) groups excluding carboxylic acids is 1. The zero-order chi connectivity index (χ0) is 22.7. The molecule has 0 spiro atoms. The van der Waals surface area contributed by atoms with E-state index in [-0.39, 0.29) is 11.7 Å². The highest BCUT2D eigenvalue weighted by molar-refractivity contribution is 6.30. The number of pyridine rings is 1. The number of phenols is 1. The van der Waals surface area contributed by atoms with Crippen molar-refractivity contribution in [2.24, 2.45) is 5.10 Å². The molecule has 1 heterocycles. The van der Waals surface area contributed by atoms with E-state index in [0.29, 0.717) is 16.1 Å². The number of aromatic hydroxyl groups is 1. The molecule has 6 nitrogen and oxygen atoms in total. The van der Waals surface area contributed by atoms with Crippen LogP contribution in [0.25, 0.3) is 10.9 Å². The molecule has 0 fully saturated rings. The lowest BCUT2D eigenvalue weighted by atomic mass is 10.1. The summed E-state index contributed by atoms with van der Waals surface area (Å²) in [4.78, 5) is 17.0. The monoisotopic (exact) mass is 444 g/mol. The van der Waals surface area contributed by atoms with Crippen molar-refractivity contribution in [3.8, 4) is 5.75 Å². The number of hydrogen-bond acceptors (Lipinski definition) is 5. The summed E-state index contributed by atoms with van der Waals surface area (Å²) in [5.41, 5.74) is 8.13. The first-order chi connectivity index (χ1) is 15.4. The fourth-order valence-corrected chi connectivity index (χ4v) is 3.52. The predicted octanol–water partition coefficient (Wildman–Crippen LogP) is 5.72. The van der Waals surface area contributed by atoms with Gasteiger partial charge in [0.25, 0.3) is 5.91 Å². The number of amides is 1. The summed E-state index contributed by atoms with van der Waals surface area (Å²) in [5.74, 6) is -0.341. The summed E-state index contributed by atoms with van der Waals surface area (Å²) < 4.78 is 0. The molecule has 4 rings (SSSR count).